The molecule has 0 aliphatic rings. The SMILES string of the molecule is CCCCc1nc(-c2ccc(S(F)(F)(F)(F)F)cc2)sc1COc1ccc(-c2noc(=O)[nH]2)c(Cl)c1. The molecular formula is C22H19ClF5N3O3S2. The highest BCUT2D eigenvalue weighted by atomic mass is 35.5. The van der Waals surface area contributed by atoms with E-state index in [1.54, 1.807) is 12.1 Å². The van der Waals surface area contributed by atoms with E-state index in [9.17, 15) is 24.2 Å². The Hall–Kier alpha value is -2.90. The lowest BCUT2D eigenvalue weighted by Crippen LogP contribution is -2.05. The maximum atomic E-state index is 13.0. The molecular weight excluding hydrogens is 549 g/mol. The molecule has 2 aromatic heterocycles. The van der Waals surface area contributed by atoms with Crippen molar-refractivity contribution in [3.8, 4) is 27.7 Å². The van der Waals surface area contributed by atoms with E-state index >= 15 is 0 Å². The van der Waals surface area contributed by atoms with Gasteiger partial charge < -0.3 is 4.74 Å². The van der Waals surface area contributed by atoms with Gasteiger partial charge in [-0.2, -0.15) is 0 Å². The molecule has 14 heteroatoms. The fourth-order valence-electron chi connectivity index (χ4n) is 3.29. The number of ether oxygens (including phenoxy) is 1. The molecule has 1 N–H and O–H groups in total. The van der Waals surface area contributed by atoms with Gasteiger partial charge in [0.05, 0.1) is 15.6 Å². The molecule has 6 nitrogen and oxygen atoms in total. The minimum Gasteiger partial charge on any atom is -0.488 e. The van der Waals surface area contributed by atoms with Crippen LogP contribution >= 0.6 is 33.2 Å². The largest absolute Gasteiger partial charge is 0.488 e. The second-order valence-electron chi connectivity index (χ2n) is 7.86. The van der Waals surface area contributed by atoms with Crippen molar-refractivity contribution < 1.29 is 28.7 Å². The van der Waals surface area contributed by atoms with Crippen molar-refractivity contribution in [2.45, 2.75) is 37.7 Å². The van der Waals surface area contributed by atoms with Crippen LogP contribution in [0.3, 0.4) is 0 Å². The van der Waals surface area contributed by atoms with Gasteiger partial charge in [-0.3, -0.25) is 9.51 Å². The zero-order valence-corrected chi connectivity index (χ0v) is 21.0. The van der Waals surface area contributed by atoms with Gasteiger partial charge in [0, 0.05) is 11.1 Å². The fraction of sp³-hybridized carbons (Fsp3) is 0.227. The first-order valence-corrected chi connectivity index (χ1v) is 13.7. The molecule has 0 bridgehead atoms. The van der Waals surface area contributed by atoms with Crippen LogP contribution in [0, 0.1) is 0 Å². The second-order valence-corrected chi connectivity index (χ2v) is 11.8. The van der Waals surface area contributed by atoms with E-state index in [1.807, 2.05) is 6.92 Å². The number of hydrogen-bond donors (Lipinski definition) is 1. The van der Waals surface area contributed by atoms with Crippen LogP contribution in [-0.4, -0.2) is 15.1 Å². The summed E-state index contributed by atoms with van der Waals surface area (Å²) in [4.78, 5) is 16.9. The first kappa shape index (κ1) is 26.2. The smallest absolute Gasteiger partial charge is 0.439 e. The van der Waals surface area contributed by atoms with Crippen LogP contribution in [0.1, 0.15) is 30.3 Å². The Kier molecular flexibility index (Phi) is 6.46. The van der Waals surface area contributed by atoms with E-state index < -0.39 is 20.9 Å². The summed E-state index contributed by atoms with van der Waals surface area (Å²) in [5, 5.41) is 4.25. The van der Waals surface area contributed by atoms with E-state index in [1.165, 1.54) is 17.4 Å². The number of thiazole rings is 1. The van der Waals surface area contributed by atoms with E-state index in [0.717, 1.165) is 35.5 Å². The predicted molar refractivity (Wildman–Crippen MR) is 129 cm³/mol. The molecule has 4 rings (SSSR count). The maximum absolute atomic E-state index is 13.0. The van der Waals surface area contributed by atoms with Crippen LogP contribution in [0.2, 0.25) is 5.02 Å². The molecule has 0 unspecified atom stereocenters. The van der Waals surface area contributed by atoms with Gasteiger partial charge in [0.2, 0.25) is 0 Å². The van der Waals surface area contributed by atoms with Crippen LogP contribution in [0.25, 0.3) is 22.0 Å². The summed E-state index contributed by atoms with van der Waals surface area (Å²) >= 11 is 7.49. The standard InChI is InChI=1S/C22H19ClF5N3O3S2/c1-2-3-4-18-19(12-33-14-7-10-16(17(23)11-14)20-30-22(32)34-31-20)35-21(29-18)13-5-8-15(9-6-13)36(24,25,26,27)28/h5-11H,2-4,12H2,1H3,(H,30,31,32). The second kappa shape index (κ2) is 8.89. The van der Waals surface area contributed by atoms with Crippen molar-refractivity contribution in [1.82, 2.24) is 15.1 Å². The van der Waals surface area contributed by atoms with Crippen molar-refractivity contribution in [3.05, 3.63) is 68.6 Å². The summed E-state index contributed by atoms with van der Waals surface area (Å²) in [5.41, 5.74) is 1.45. The highest BCUT2D eigenvalue weighted by Crippen LogP contribution is 3.02. The average Bonchev–Trinajstić information content (AvgIpc) is 3.41. The number of H-pyrrole nitrogens is 1. The minimum absolute atomic E-state index is 0.108. The number of rotatable bonds is 9. The summed E-state index contributed by atoms with van der Waals surface area (Å²) < 4.78 is 75.5. The highest BCUT2D eigenvalue weighted by Gasteiger charge is 2.65. The third-order valence-electron chi connectivity index (χ3n) is 5.10. The summed E-state index contributed by atoms with van der Waals surface area (Å²) in [6.45, 7) is 2.12. The van der Waals surface area contributed by atoms with Crippen LogP contribution in [0.4, 0.5) is 19.4 Å². The molecule has 0 radical (unpaired) electrons. The van der Waals surface area contributed by atoms with Crippen LogP contribution in [0.5, 0.6) is 5.75 Å². The molecule has 0 spiro atoms. The third-order valence-corrected chi connectivity index (χ3v) is 7.69. The minimum atomic E-state index is -9.75. The molecule has 2 aromatic carbocycles. The van der Waals surface area contributed by atoms with Crippen molar-refractivity contribution in [1.29, 1.82) is 0 Å². The third kappa shape index (κ3) is 6.08. The Balaban J connectivity index is 1.56. The molecule has 0 aliphatic heterocycles. The summed E-state index contributed by atoms with van der Waals surface area (Å²) in [6.07, 6.45) is 2.34. The molecule has 0 saturated carbocycles. The molecule has 0 saturated heterocycles. The van der Waals surface area contributed by atoms with Crippen LogP contribution in [0.15, 0.2) is 56.7 Å². The predicted octanol–water partition coefficient (Wildman–Crippen LogP) is 8.39. The van der Waals surface area contributed by atoms with Gasteiger partial charge in [0.25, 0.3) is 0 Å². The first-order chi connectivity index (χ1) is 16.7. The first-order valence-electron chi connectivity index (χ1n) is 10.6. The lowest BCUT2D eigenvalue weighted by atomic mass is 10.2. The number of aromatic nitrogens is 3. The highest BCUT2D eigenvalue weighted by molar-refractivity contribution is 8.45. The molecule has 0 aliphatic carbocycles. The quantitative estimate of drug-likeness (QED) is 0.205. The monoisotopic (exact) mass is 567 g/mol. The molecule has 36 heavy (non-hydrogen) atoms. The van der Waals surface area contributed by atoms with Crippen LogP contribution < -0.4 is 10.5 Å². The zero-order valence-electron chi connectivity index (χ0n) is 18.6. The van der Waals surface area contributed by atoms with Gasteiger partial charge in [0.1, 0.15) is 22.3 Å². The Morgan fingerprint density at radius 3 is 2.42 bits per heavy atom. The molecule has 194 valence electrons. The Bertz CT molecular complexity index is 1450. The van der Waals surface area contributed by atoms with E-state index in [0.29, 0.717) is 40.4 Å². The molecule has 0 fully saturated rings. The van der Waals surface area contributed by atoms with Gasteiger partial charge in [0.15, 0.2) is 5.82 Å². The van der Waals surface area contributed by atoms with Crippen LogP contribution in [-0.2, 0) is 13.0 Å². The molecule has 0 amide bonds. The van der Waals surface area contributed by atoms with Gasteiger partial charge in [-0.15, -0.1) is 11.3 Å². The van der Waals surface area contributed by atoms with Gasteiger partial charge in [-0.05, 0) is 43.2 Å². The number of aryl methyl sites for hydroxylation is 1. The topological polar surface area (TPSA) is 81.0 Å². The molecule has 4 aromatic rings. The summed E-state index contributed by atoms with van der Waals surface area (Å²) in [7, 11) is -9.75. The fourth-order valence-corrected chi connectivity index (χ4v) is 5.22. The maximum Gasteiger partial charge on any atom is 0.439 e. The summed E-state index contributed by atoms with van der Waals surface area (Å²) in [5.74, 6) is -0.127. The number of benzene rings is 2. The Labute approximate surface area is 210 Å². The van der Waals surface area contributed by atoms with E-state index in [2.05, 4.69) is 19.6 Å². The number of hydrogen-bond acceptors (Lipinski definition) is 6. The zero-order chi connectivity index (χ0) is 26.2. The van der Waals surface area contributed by atoms with E-state index in [4.69, 9.17) is 16.3 Å². The Morgan fingerprint density at radius 2 is 1.83 bits per heavy atom. The molecule has 0 atom stereocenters. The number of halogens is 6. The average molecular weight is 568 g/mol. The number of aromatic amines is 1. The van der Waals surface area contributed by atoms with Gasteiger partial charge in [-0.25, -0.2) is 9.78 Å². The lowest BCUT2D eigenvalue weighted by Gasteiger charge is -2.40. The van der Waals surface area contributed by atoms with Crippen molar-refractivity contribution in [2.24, 2.45) is 0 Å². The number of nitrogens with one attached hydrogen (secondary N) is 1. The number of unbranched alkanes of at least 4 members (excludes halogenated alkanes) is 1. The lowest BCUT2D eigenvalue weighted by molar-refractivity contribution is 0.308. The summed E-state index contributed by atoms with van der Waals surface area (Å²) in [6, 6.07) is 7.51. The van der Waals surface area contributed by atoms with E-state index in [-0.39, 0.29) is 17.5 Å². The molecule has 2 heterocycles. The number of nitrogens with zero attached hydrogens (tertiary/aromatic N) is 2. The van der Waals surface area contributed by atoms with Gasteiger partial charge >= 0.3 is 16.0 Å². The van der Waals surface area contributed by atoms with Gasteiger partial charge in [-0.1, -0.05) is 61.7 Å². The van der Waals surface area contributed by atoms with Crippen molar-refractivity contribution in [3.63, 3.8) is 0 Å². The normalized spacial score (nSPS) is 13.9. The Morgan fingerprint density at radius 1 is 1.11 bits per heavy atom. The van der Waals surface area contributed by atoms with Crippen molar-refractivity contribution >= 4 is 33.2 Å². The van der Waals surface area contributed by atoms with Crippen molar-refractivity contribution in [2.75, 3.05) is 0 Å².